The molecular formula is C13H23N5O6. The average molecular weight is 345 g/mol. The van der Waals surface area contributed by atoms with Gasteiger partial charge in [0.25, 0.3) is 0 Å². The molecule has 0 aromatic rings. The molecule has 136 valence electrons. The Balaban J connectivity index is 4.50. The van der Waals surface area contributed by atoms with Crippen LogP contribution in [-0.2, 0) is 24.0 Å². The first-order valence-electron chi connectivity index (χ1n) is 7.14. The Bertz CT molecular complexity index is 481. The number of primary amides is 1. The van der Waals surface area contributed by atoms with Gasteiger partial charge in [-0.2, -0.15) is 0 Å². The molecule has 0 fully saturated rings. The standard InChI is InChI=1S/C13H23N5O6/c1-7(20)12(18-10(22)4-15-2)13(24)16-5-11(23)17-8(6-19)3-9(14)21/h6-8,12,15,20H,3-5H2,1-2H3,(H2,14,21)(H,16,24)(H,17,23)(H,18,22). The third-order valence-electron chi connectivity index (χ3n) is 2.77. The maximum absolute atomic E-state index is 11.9. The Hall–Kier alpha value is -2.53. The van der Waals surface area contributed by atoms with E-state index < -0.39 is 48.4 Å². The first-order valence-corrected chi connectivity index (χ1v) is 7.14. The molecule has 0 aliphatic heterocycles. The van der Waals surface area contributed by atoms with Crippen molar-refractivity contribution in [1.29, 1.82) is 0 Å². The van der Waals surface area contributed by atoms with Crippen LogP contribution < -0.4 is 27.0 Å². The van der Waals surface area contributed by atoms with E-state index in [1.54, 1.807) is 0 Å². The van der Waals surface area contributed by atoms with Crippen molar-refractivity contribution >= 4 is 29.9 Å². The van der Waals surface area contributed by atoms with Crippen molar-refractivity contribution in [2.24, 2.45) is 5.73 Å². The van der Waals surface area contributed by atoms with E-state index in [0.29, 0.717) is 6.29 Å². The number of aliphatic hydroxyl groups excluding tert-OH is 1. The van der Waals surface area contributed by atoms with E-state index in [1.807, 2.05) is 0 Å². The topological polar surface area (TPSA) is 180 Å². The van der Waals surface area contributed by atoms with Gasteiger partial charge >= 0.3 is 0 Å². The summed E-state index contributed by atoms with van der Waals surface area (Å²) in [4.78, 5) is 56.4. The predicted octanol–water partition coefficient (Wildman–Crippen LogP) is -4.25. The van der Waals surface area contributed by atoms with Gasteiger partial charge in [-0.05, 0) is 14.0 Å². The lowest BCUT2D eigenvalue weighted by Gasteiger charge is -2.21. The van der Waals surface area contributed by atoms with Crippen LogP contribution in [0.4, 0.5) is 0 Å². The molecule has 11 heteroatoms. The lowest BCUT2D eigenvalue weighted by molar-refractivity contribution is -0.132. The number of hydrogen-bond donors (Lipinski definition) is 6. The molecule has 0 saturated heterocycles. The summed E-state index contributed by atoms with van der Waals surface area (Å²) in [6.07, 6.45) is -1.20. The van der Waals surface area contributed by atoms with Crippen molar-refractivity contribution in [1.82, 2.24) is 21.3 Å². The van der Waals surface area contributed by atoms with E-state index in [-0.39, 0.29) is 13.0 Å². The van der Waals surface area contributed by atoms with Gasteiger partial charge in [-0.25, -0.2) is 0 Å². The number of aliphatic hydroxyl groups is 1. The molecule has 0 spiro atoms. The van der Waals surface area contributed by atoms with Crippen LogP contribution >= 0.6 is 0 Å². The smallest absolute Gasteiger partial charge is 0.245 e. The van der Waals surface area contributed by atoms with E-state index >= 15 is 0 Å². The van der Waals surface area contributed by atoms with Gasteiger partial charge in [0.1, 0.15) is 12.3 Å². The second-order valence-corrected chi connectivity index (χ2v) is 5.01. The van der Waals surface area contributed by atoms with E-state index in [0.717, 1.165) is 0 Å². The number of aldehydes is 1. The quantitative estimate of drug-likeness (QED) is 0.205. The summed E-state index contributed by atoms with van der Waals surface area (Å²) in [6, 6.07) is -2.33. The van der Waals surface area contributed by atoms with Crippen molar-refractivity contribution in [3.05, 3.63) is 0 Å². The minimum absolute atomic E-state index is 0.0505. The predicted molar refractivity (Wildman–Crippen MR) is 82.4 cm³/mol. The molecular weight excluding hydrogens is 322 g/mol. The zero-order chi connectivity index (χ0) is 18.7. The summed E-state index contributed by atoms with van der Waals surface area (Å²) in [5.41, 5.74) is 4.92. The second-order valence-electron chi connectivity index (χ2n) is 5.01. The number of nitrogens with one attached hydrogen (secondary N) is 4. The Morgan fingerprint density at radius 3 is 2.17 bits per heavy atom. The van der Waals surface area contributed by atoms with Gasteiger partial charge in [0.05, 0.1) is 31.7 Å². The number of amides is 4. The van der Waals surface area contributed by atoms with Crippen LogP contribution in [0.25, 0.3) is 0 Å². The number of carbonyl (C=O) groups excluding carboxylic acids is 5. The van der Waals surface area contributed by atoms with Crippen LogP contribution in [0.3, 0.4) is 0 Å². The van der Waals surface area contributed by atoms with E-state index in [4.69, 9.17) is 5.73 Å². The molecule has 0 saturated carbocycles. The molecule has 0 aliphatic carbocycles. The average Bonchev–Trinajstić information content (AvgIpc) is 2.49. The first kappa shape index (κ1) is 21.5. The highest BCUT2D eigenvalue weighted by Crippen LogP contribution is 1.93. The number of hydrogen-bond acceptors (Lipinski definition) is 7. The molecule has 0 aliphatic rings. The minimum atomic E-state index is -1.24. The van der Waals surface area contributed by atoms with Crippen molar-refractivity contribution < 1.29 is 29.1 Å². The Labute approximate surface area is 138 Å². The number of rotatable bonds is 11. The lowest BCUT2D eigenvalue weighted by atomic mass is 10.1. The molecule has 0 radical (unpaired) electrons. The molecule has 0 bridgehead atoms. The van der Waals surface area contributed by atoms with Gasteiger partial charge in [-0.1, -0.05) is 0 Å². The summed E-state index contributed by atoms with van der Waals surface area (Å²) >= 11 is 0. The maximum Gasteiger partial charge on any atom is 0.245 e. The summed E-state index contributed by atoms with van der Waals surface area (Å²) in [5.74, 6) is -2.78. The van der Waals surface area contributed by atoms with Gasteiger partial charge in [0, 0.05) is 0 Å². The third-order valence-corrected chi connectivity index (χ3v) is 2.77. The largest absolute Gasteiger partial charge is 0.391 e. The van der Waals surface area contributed by atoms with Crippen molar-refractivity contribution in [2.75, 3.05) is 20.1 Å². The highest BCUT2D eigenvalue weighted by molar-refractivity contribution is 5.92. The number of nitrogens with two attached hydrogens (primary N) is 1. The monoisotopic (exact) mass is 345 g/mol. The van der Waals surface area contributed by atoms with E-state index in [1.165, 1.54) is 14.0 Å². The van der Waals surface area contributed by atoms with Gasteiger partial charge < -0.3 is 36.9 Å². The van der Waals surface area contributed by atoms with Crippen LogP contribution in [0.15, 0.2) is 0 Å². The molecule has 4 amide bonds. The molecule has 0 aromatic carbocycles. The molecule has 24 heavy (non-hydrogen) atoms. The normalized spacial score (nSPS) is 14.0. The molecule has 7 N–H and O–H groups in total. The summed E-state index contributed by atoms with van der Waals surface area (Å²) in [6.45, 7) is 0.747. The van der Waals surface area contributed by atoms with Crippen LogP contribution in [-0.4, -0.2) is 73.3 Å². The van der Waals surface area contributed by atoms with Gasteiger partial charge in [-0.3, -0.25) is 19.2 Å². The fraction of sp³-hybridized carbons (Fsp3) is 0.615. The van der Waals surface area contributed by atoms with Gasteiger partial charge in [0.2, 0.25) is 23.6 Å². The Kier molecular flexibility index (Phi) is 9.91. The fourth-order valence-corrected chi connectivity index (χ4v) is 1.68. The van der Waals surface area contributed by atoms with E-state index in [9.17, 15) is 29.1 Å². The minimum Gasteiger partial charge on any atom is -0.391 e. The highest BCUT2D eigenvalue weighted by Gasteiger charge is 2.25. The molecule has 3 unspecified atom stereocenters. The van der Waals surface area contributed by atoms with Crippen LogP contribution in [0, 0.1) is 0 Å². The van der Waals surface area contributed by atoms with Crippen LogP contribution in [0.5, 0.6) is 0 Å². The number of likely N-dealkylation sites (N-methyl/N-ethyl adjacent to an activating group) is 1. The molecule has 0 heterocycles. The van der Waals surface area contributed by atoms with Crippen LogP contribution in [0.2, 0.25) is 0 Å². The van der Waals surface area contributed by atoms with E-state index in [2.05, 4.69) is 21.3 Å². The number of carbonyl (C=O) groups is 5. The summed E-state index contributed by atoms with van der Waals surface area (Å²) in [5, 5.41) is 18.9. The fourth-order valence-electron chi connectivity index (χ4n) is 1.68. The van der Waals surface area contributed by atoms with Crippen molar-refractivity contribution in [2.45, 2.75) is 31.5 Å². The Morgan fingerprint density at radius 2 is 1.71 bits per heavy atom. The highest BCUT2D eigenvalue weighted by atomic mass is 16.3. The first-order chi connectivity index (χ1) is 11.2. The maximum atomic E-state index is 11.9. The molecule has 0 rings (SSSR count). The van der Waals surface area contributed by atoms with Crippen molar-refractivity contribution in [3.63, 3.8) is 0 Å². The lowest BCUT2D eigenvalue weighted by Crippen LogP contribution is -2.55. The molecule has 0 aromatic heterocycles. The SMILES string of the molecule is CNCC(=O)NC(C(=O)NCC(=O)NC(C=O)CC(N)=O)C(C)O. The Morgan fingerprint density at radius 1 is 1.12 bits per heavy atom. The zero-order valence-corrected chi connectivity index (χ0v) is 13.5. The molecule has 3 atom stereocenters. The van der Waals surface area contributed by atoms with Crippen molar-refractivity contribution in [3.8, 4) is 0 Å². The summed E-state index contributed by atoms with van der Waals surface area (Å²) in [7, 11) is 1.54. The third kappa shape index (κ3) is 8.80. The van der Waals surface area contributed by atoms with Crippen LogP contribution in [0.1, 0.15) is 13.3 Å². The molecule has 11 nitrogen and oxygen atoms in total. The zero-order valence-electron chi connectivity index (χ0n) is 13.5. The van der Waals surface area contributed by atoms with Gasteiger partial charge in [-0.15, -0.1) is 0 Å². The second kappa shape index (κ2) is 11.1. The summed E-state index contributed by atoms with van der Waals surface area (Å²) < 4.78 is 0. The van der Waals surface area contributed by atoms with Gasteiger partial charge in [0.15, 0.2) is 0 Å².